The molecule has 3 rings (SSSR count). The number of aryl methyl sites for hydroxylation is 2. The number of nitrogens with zero attached hydrogens (tertiary/aromatic N) is 3. The minimum atomic E-state index is -0.919. The monoisotopic (exact) mass is 281 g/mol. The van der Waals surface area contributed by atoms with Crippen molar-refractivity contribution in [2.24, 2.45) is 0 Å². The number of carboxylic acid groups (broad SMARTS) is 1. The minimum absolute atomic E-state index is 0.290. The van der Waals surface area contributed by atoms with Crippen LogP contribution in [0.2, 0.25) is 0 Å². The van der Waals surface area contributed by atoms with Crippen molar-refractivity contribution in [2.75, 3.05) is 0 Å². The molecule has 0 aliphatic carbocycles. The molecule has 1 aromatic carbocycles. The summed E-state index contributed by atoms with van der Waals surface area (Å²) in [5.74, 6) is -0.0540. The lowest BCUT2D eigenvalue weighted by Gasteiger charge is -2.07. The van der Waals surface area contributed by atoms with Crippen molar-refractivity contribution < 1.29 is 9.90 Å². The average Bonchev–Trinajstić information content (AvgIpc) is 2.74. The van der Waals surface area contributed by atoms with Gasteiger partial charge in [0.2, 0.25) is 0 Å². The maximum absolute atomic E-state index is 11.0. The van der Waals surface area contributed by atoms with Gasteiger partial charge in [-0.2, -0.15) is 0 Å². The van der Waals surface area contributed by atoms with Crippen LogP contribution in [0.1, 0.15) is 27.3 Å². The molecule has 5 heteroatoms. The summed E-state index contributed by atoms with van der Waals surface area (Å²) in [5.41, 5.74) is 3.96. The van der Waals surface area contributed by atoms with Crippen LogP contribution in [0.3, 0.4) is 0 Å². The molecule has 0 saturated heterocycles. The second-order valence-corrected chi connectivity index (χ2v) is 5.11. The SMILES string of the molecule is Cc1cnc2c(c1)nc(C)n2Cc1cccc(C(=O)O)c1. The summed E-state index contributed by atoms with van der Waals surface area (Å²) in [4.78, 5) is 20.0. The number of benzene rings is 1. The zero-order valence-corrected chi connectivity index (χ0v) is 11.9. The van der Waals surface area contributed by atoms with E-state index in [9.17, 15) is 4.79 Å². The maximum Gasteiger partial charge on any atom is 0.335 e. The molecule has 21 heavy (non-hydrogen) atoms. The van der Waals surface area contributed by atoms with Crippen molar-refractivity contribution in [3.63, 3.8) is 0 Å². The first kappa shape index (κ1) is 13.3. The van der Waals surface area contributed by atoms with Crippen LogP contribution < -0.4 is 0 Å². The van der Waals surface area contributed by atoms with Crippen molar-refractivity contribution in [3.05, 3.63) is 59.0 Å². The molecule has 0 spiro atoms. The van der Waals surface area contributed by atoms with E-state index in [0.717, 1.165) is 28.1 Å². The largest absolute Gasteiger partial charge is 0.478 e. The predicted octanol–water partition coefficient (Wildman–Crippen LogP) is 2.79. The molecule has 0 fully saturated rings. The summed E-state index contributed by atoms with van der Waals surface area (Å²) in [6, 6.07) is 8.93. The Balaban J connectivity index is 2.04. The number of fused-ring (bicyclic) bond motifs is 1. The van der Waals surface area contributed by atoms with Gasteiger partial charge >= 0.3 is 5.97 Å². The molecular formula is C16H15N3O2. The van der Waals surface area contributed by atoms with Crippen LogP contribution in [-0.4, -0.2) is 25.6 Å². The topological polar surface area (TPSA) is 68.0 Å². The Morgan fingerprint density at radius 1 is 1.29 bits per heavy atom. The highest BCUT2D eigenvalue weighted by Crippen LogP contribution is 2.17. The van der Waals surface area contributed by atoms with Gasteiger partial charge in [-0.05, 0) is 43.2 Å². The second kappa shape index (κ2) is 5.01. The Morgan fingerprint density at radius 3 is 2.86 bits per heavy atom. The zero-order chi connectivity index (χ0) is 15.0. The number of carboxylic acids is 1. The Labute approximate surface area is 121 Å². The fourth-order valence-electron chi connectivity index (χ4n) is 2.40. The number of pyridine rings is 1. The van der Waals surface area contributed by atoms with E-state index < -0.39 is 5.97 Å². The average molecular weight is 281 g/mol. The molecule has 2 heterocycles. The van der Waals surface area contributed by atoms with Gasteiger partial charge in [0.15, 0.2) is 5.65 Å². The molecule has 0 radical (unpaired) electrons. The molecule has 0 saturated carbocycles. The van der Waals surface area contributed by atoms with E-state index in [0.29, 0.717) is 12.1 Å². The van der Waals surface area contributed by atoms with E-state index in [1.807, 2.05) is 36.7 Å². The molecule has 0 aliphatic rings. The summed E-state index contributed by atoms with van der Waals surface area (Å²) < 4.78 is 2.00. The summed E-state index contributed by atoms with van der Waals surface area (Å²) >= 11 is 0. The van der Waals surface area contributed by atoms with Gasteiger partial charge in [0.1, 0.15) is 11.3 Å². The molecule has 0 bridgehead atoms. The highest BCUT2D eigenvalue weighted by Gasteiger charge is 2.10. The van der Waals surface area contributed by atoms with Crippen LogP contribution >= 0.6 is 0 Å². The van der Waals surface area contributed by atoms with Crippen LogP contribution in [0.4, 0.5) is 0 Å². The molecule has 3 aromatic rings. The summed E-state index contributed by atoms with van der Waals surface area (Å²) in [7, 11) is 0. The van der Waals surface area contributed by atoms with Gasteiger partial charge in [-0.3, -0.25) is 0 Å². The fraction of sp³-hybridized carbons (Fsp3) is 0.188. The highest BCUT2D eigenvalue weighted by atomic mass is 16.4. The van der Waals surface area contributed by atoms with E-state index >= 15 is 0 Å². The van der Waals surface area contributed by atoms with Gasteiger partial charge in [-0.1, -0.05) is 12.1 Å². The number of imidazole rings is 1. The van der Waals surface area contributed by atoms with Crippen LogP contribution in [0.25, 0.3) is 11.2 Å². The number of aromatic carboxylic acids is 1. The van der Waals surface area contributed by atoms with Crippen molar-refractivity contribution >= 4 is 17.1 Å². The minimum Gasteiger partial charge on any atom is -0.478 e. The van der Waals surface area contributed by atoms with Crippen LogP contribution in [0.15, 0.2) is 36.5 Å². The zero-order valence-electron chi connectivity index (χ0n) is 11.9. The van der Waals surface area contributed by atoms with Gasteiger partial charge in [0, 0.05) is 6.20 Å². The number of aromatic nitrogens is 3. The van der Waals surface area contributed by atoms with Gasteiger partial charge in [-0.15, -0.1) is 0 Å². The summed E-state index contributed by atoms with van der Waals surface area (Å²) in [6.45, 7) is 4.47. The fourth-order valence-corrected chi connectivity index (χ4v) is 2.40. The third-order valence-electron chi connectivity index (χ3n) is 3.43. The molecule has 0 aliphatic heterocycles. The van der Waals surface area contributed by atoms with E-state index in [4.69, 9.17) is 5.11 Å². The van der Waals surface area contributed by atoms with Gasteiger partial charge in [0.25, 0.3) is 0 Å². The molecule has 0 amide bonds. The molecule has 0 unspecified atom stereocenters. The standard InChI is InChI=1S/C16H15N3O2/c1-10-6-14-15(17-8-10)19(11(2)18-14)9-12-4-3-5-13(7-12)16(20)21/h3-8H,9H2,1-2H3,(H,20,21). The van der Waals surface area contributed by atoms with Crippen molar-refractivity contribution in [2.45, 2.75) is 20.4 Å². The molecule has 1 N–H and O–H groups in total. The third-order valence-corrected chi connectivity index (χ3v) is 3.43. The Bertz CT molecular complexity index is 837. The van der Waals surface area contributed by atoms with E-state index in [2.05, 4.69) is 9.97 Å². The molecule has 5 nitrogen and oxygen atoms in total. The van der Waals surface area contributed by atoms with Gasteiger partial charge < -0.3 is 9.67 Å². The number of hydrogen-bond donors (Lipinski definition) is 1. The first-order valence-electron chi connectivity index (χ1n) is 6.66. The first-order chi connectivity index (χ1) is 10.0. The molecule has 106 valence electrons. The lowest BCUT2D eigenvalue weighted by molar-refractivity contribution is 0.0696. The normalized spacial score (nSPS) is 11.0. The Hall–Kier alpha value is -2.69. The lowest BCUT2D eigenvalue weighted by atomic mass is 10.1. The van der Waals surface area contributed by atoms with Gasteiger partial charge in [0.05, 0.1) is 12.1 Å². The quantitative estimate of drug-likeness (QED) is 0.801. The molecule has 0 atom stereocenters. The van der Waals surface area contributed by atoms with Crippen LogP contribution in [-0.2, 0) is 6.54 Å². The molecular weight excluding hydrogens is 266 g/mol. The number of hydrogen-bond acceptors (Lipinski definition) is 3. The maximum atomic E-state index is 11.0. The third kappa shape index (κ3) is 2.50. The predicted molar refractivity (Wildman–Crippen MR) is 79.5 cm³/mol. The van der Waals surface area contributed by atoms with E-state index in [1.165, 1.54) is 0 Å². The van der Waals surface area contributed by atoms with Gasteiger partial charge in [-0.25, -0.2) is 14.8 Å². The van der Waals surface area contributed by atoms with Crippen molar-refractivity contribution in [1.82, 2.24) is 14.5 Å². The molecule has 2 aromatic heterocycles. The van der Waals surface area contributed by atoms with Crippen LogP contribution in [0, 0.1) is 13.8 Å². The number of rotatable bonds is 3. The highest BCUT2D eigenvalue weighted by molar-refractivity contribution is 5.87. The summed E-state index contributed by atoms with van der Waals surface area (Å²) in [6.07, 6.45) is 1.81. The lowest BCUT2D eigenvalue weighted by Crippen LogP contribution is -2.04. The van der Waals surface area contributed by atoms with Crippen LogP contribution in [0.5, 0.6) is 0 Å². The summed E-state index contributed by atoms with van der Waals surface area (Å²) in [5, 5.41) is 9.06. The Kier molecular flexibility index (Phi) is 3.17. The van der Waals surface area contributed by atoms with E-state index in [-0.39, 0.29) is 0 Å². The smallest absolute Gasteiger partial charge is 0.335 e. The first-order valence-corrected chi connectivity index (χ1v) is 6.66. The number of carbonyl (C=O) groups is 1. The van der Waals surface area contributed by atoms with Crippen molar-refractivity contribution in [1.29, 1.82) is 0 Å². The van der Waals surface area contributed by atoms with Crippen molar-refractivity contribution in [3.8, 4) is 0 Å². The van der Waals surface area contributed by atoms with E-state index in [1.54, 1.807) is 18.2 Å². The Morgan fingerprint density at radius 2 is 2.10 bits per heavy atom. The second-order valence-electron chi connectivity index (χ2n) is 5.11.